The Hall–Kier alpha value is -1.88. The highest BCUT2D eigenvalue weighted by Crippen LogP contribution is 2.10. The first kappa shape index (κ1) is 16.5. The number of benzene rings is 1. The van der Waals surface area contributed by atoms with Crippen LogP contribution in [0.15, 0.2) is 24.3 Å². The number of nitrogens with zero attached hydrogens (tertiary/aromatic N) is 2. The van der Waals surface area contributed by atoms with Gasteiger partial charge in [0.05, 0.1) is 19.8 Å². The first-order valence-electron chi connectivity index (χ1n) is 7.83. The van der Waals surface area contributed by atoms with Crippen LogP contribution in [0.5, 0.6) is 0 Å². The lowest BCUT2D eigenvalue weighted by atomic mass is 10.0. The van der Waals surface area contributed by atoms with Gasteiger partial charge in [0.2, 0.25) is 11.8 Å². The molecule has 0 aliphatic carbocycles. The summed E-state index contributed by atoms with van der Waals surface area (Å²) in [5, 5.41) is 3.02. The molecule has 0 saturated carbocycles. The van der Waals surface area contributed by atoms with E-state index in [2.05, 4.69) is 24.4 Å². The van der Waals surface area contributed by atoms with Gasteiger partial charge < -0.3 is 10.2 Å². The van der Waals surface area contributed by atoms with Crippen molar-refractivity contribution >= 4 is 11.8 Å². The van der Waals surface area contributed by atoms with Crippen LogP contribution in [0.3, 0.4) is 0 Å². The Morgan fingerprint density at radius 2 is 2.09 bits per heavy atom. The Balaban J connectivity index is 1.80. The van der Waals surface area contributed by atoms with E-state index in [9.17, 15) is 9.59 Å². The average molecular weight is 303 g/mol. The van der Waals surface area contributed by atoms with E-state index >= 15 is 0 Å². The van der Waals surface area contributed by atoms with Crippen molar-refractivity contribution in [1.29, 1.82) is 0 Å². The minimum Gasteiger partial charge on any atom is -0.352 e. The van der Waals surface area contributed by atoms with Crippen LogP contribution in [0.25, 0.3) is 0 Å². The molecule has 2 amide bonds. The summed E-state index contributed by atoms with van der Waals surface area (Å²) in [6.45, 7) is 7.91. The number of carbonyl (C=O) groups is 2. The molecule has 1 aromatic rings. The third kappa shape index (κ3) is 4.31. The number of hydrogen-bond acceptors (Lipinski definition) is 3. The van der Waals surface area contributed by atoms with Crippen molar-refractivity contribution in [2.75, 3.05) is 26.3 Å². The van der Waals surface area contributed by atoms with Crippen molar-refractivity contribution in [2.24, 2.45) is 0 Å². The second-order valence-corrected chi connectivity index (χ2v) is 5.98. The summed E-state index contributed by atoms with van der Waals surface area (Å²) in [6, 6.07) is 8.29. The van der Waals surface area contributed by atoms with Gasteiger partial charge in [-0.05, 0) is 38.3 Å². The summed E-state index contributed by atoms with van der Waals surface area (Å²) in [6.07, 6.45) is 0.818. The number of rotatable bonds is 6. The molecule has 1 atom stereocenters. The van der Waals surface area contributed by atoms with Crippen LogP contribution >= 0.6 is 0 Å². The number of aryl methyl sites for hydroxylation is 1. The molecule has 1 aromatic carbocycles. The standard InChI is InChI=1S/C17H25N3O2/c1-4-20-12-19(11-17(20)22)10-16(21)18-14(3)9-15-8-6-5-7-13(15)2/h5-8,14H,4,9-12H2,1-3H3,(H,18,21). The molecule has 2 rings (SSSR count). The first-order chi connectivity index (χ1) is 10.5. The maximum atomic E-state index is 12.1. The molecule has 0 spiro atoms. The quantitative estimate of drug-likeness (QED) is 0.858. The zero-order valence-corrected chi connectivity index (χ0v) is 13.6. The lowest BCUT2D eigenvalue weighted by Gasteiger charge is -2.19. The monoisotopic (exact) mass is 303 g/mol. The van der Waals surface area contributed by atoms with Gasteiger partial charge in [0.1, 0.15) is 0 Å². The Morgan fingerprint density at radius 1 is 1.36 bits per heavy atom. The van der Waals surface area contributed by atoms with Crippen molar-refractivity contribution in [3.8, 4) is 0 Å². The molecule has 0 aromatic heterocycles. The Bertz CT molecular complexity index is 544. The van der Waals surface area contributed by atoms with Crippen molar-refractivity contribution in [1.82, 2.24) is 15.1 Å². The largest absolute Gasteiger partial charge is 0.352 e. The molecule has 5 nitrogen and oxygen atoms in total. The minimum atomic E-state index is -0.0214. The summed E-state index contributed by atoms with van der Waals surface area (Å²) in [7, 11) is 0. The maximum Gasteiger partial charge on any atom is 0.237 e. The van der Waals surface area contributed by atoms with Crippen molar-refractivity contribution in [3.05, 3.63) is 35.4 Å². The second-order valence-electron chi connectivity index (χ2n) is 5.98. The number of amides is 2. The Labute approximate surface area is 132 Å². The molecule has 22 heavy (non-hydrogen) atoms. The van der Waals surface area contributed by atoms with Gasteiger partial charge in [-0.15, -0.1) is 0 Å². The highest BCUT2D eigenvalue weighted by Gasteiger charge is 2.27. The Morgan fingerprint density at radius 3 is 2.73 bits per heavy atom. The van der Waals surface area contributed by atoms with Gasteiger partial charge in [-0.3, -0.25) is 14.5 Å². The van der Waals surface area contributed by atoms with Crippen LogP contribution < -0.4 is 5.32 Å². The summed E-state index contributed by atoms with van der Waals surface area (Å²) < 4.78 is 0. The topological polar surface area (TPSA) is 52.6 Å². The molecule has 1 aliphatic rings. The van der Waals surface area contributed by atoms with Gasteiger partial charge in [-0.25, -0.2) is 0 Å². The first-order valence-corrected chi connectivity index (χ1v) is 7.83. The zero-order chi connectivity index (χ0) is 16.1. The normalized spacial score (nSPS) is 16.9. The second kappa shape index (κ2) is 7.40. The third-order valence-electron chi connectivity index (χ3n) is 4.03. The molecular weight excluding hydrogens is 278 g/mol. The number of nitrogens with one attached hydrogen (secondary N) is 1. The third-order valence-corrected chi connectivity index (χ3v) is 4.03. The van der Waals surface area contributed by atoms with Crippen molar-refractivity contribution < 1.29 is 9.59 Å². The van der Waals surface area contributed by atoms with Gasteiger partial charge >= 0.3 is 0 Å². The van der Waals surface area contributed by atoms with E-state index in [1.165, 1.54) is 11.1 Å². The fourth-order valence-electron chi connectivity index (χ4n) is 2.79. The van der Waals surface area contributed by atoms with E-state index in [0.29, 0.717) is 19.8 Å². The van der Waals surface area contributed by atoms with E-state index in [1.807, 2.05) is 30.9 Å². The van der Waals surface area contributed by atoms with Gasteiger partial charge in [-0.1, -0.05) is 24.3 Å². The molecule has 1 saturated heterocycles. The number of hydrogen-bond donors (Lipinski definition) is 1. The summed E-state index contributed by atoms with van der Waals surface area (Å²) in [4.78, 5) is 27.4. The lowest BCUT2D eigenvalue weighted by Crippen LogP contribution is -2.41. The van der Waals surface area contributed by atoms with Gasteiger partial charge in [0.15, 0.2) is 0 Å². The van der Waals surface area contributed by atoms with Crippen LogP contribution in [0.1, 0.15) is 25.0 Å². The summed E-state index contributed by atoms with van der Waals surface area (Å²) >= 11 is 0. The number of carbonyl (C=O) groups excluding carboxylic acids is 2. The van der Waals surface area contributed by atoms with Crippen molar-refractivity contribution in [3.63, 3.8) is 0 Å². The minimum absolute atomic E-state index is 0.0214. The van der Waals surface area contributed by atoms with E-state index in [1.54, 1.807) is 4.90 Å². The fourth-order valence-corrected chi connectivity index (χ4v) is 2.79. The number of likely N-dealkylation sites (N-methyl/N-ethyl adjacent to an activating group) is 1. The summed E-state index contributed by atoms with van der Waals surface area (Å²) in [5.74, 6) is 0.0788. The van der Waals surface area contributed by atoms with Crippen LogP contribution in [-0.2, 0) is 16.0 Å². The van der Waals surface area contributed by atoms with Crippen molar-refractivity contribution in [2.45, 2.75) is 33.2 Å². The lowest BCUT2D eigenvalue weighted by molar-refractivity contribution is -0.126. The Kier molecular flexibility index (Phi) is 5.55. The molecule has 120 valence electrons. The van der Waals surface area contributed by atoms with E-state index in [0.717, 1.165) is 6.42 Å². The smallest absolute Gasteiger partial charge is 0.237 e. The molecule has 1 heterocycles. The SMILES string of the molecule is CCN1CN(CC(=O)NC(C)Cc2ccccc2C)CC1=O. The fraction of sp³-hybridized carbons (Fsp3) is 0.529. The van der Waals surface area contributed by atoms with Gasteiger partial charge in [-0.2, -0.15) is 0 Å². The van der Waals surface area contributed by atoms with Crippen LogP contribution in [-0.4, -0.2) is 54.0 Å². The van der Waals surface area contributed by atoms with Gasteiger partial charge in [0, 0.05) is 12.6 Å². The highest BCUT2D eigenvalue weighted by atomic mass is 16.2. The molecule has 1 aliphatic heterocycles. The maximum absolute atomic E-state index is 12.1. The molecule has 1 fully saturated rings. The molecule has 5 heteroatoms. The zero-order valence-electron chi connectivity index (χ0n) is 13.6. The predicted molar refractivity (Wildman–Crippen MR) is 86.3 cm³/mol. The van der Waals surface area contributed by atoms with E-state index in [4.69, 9.17) is 0 Å². The van der Waals surface area contributed by atoms with E-state index in [-0.39, 0.29) is 24.4 Å². The van der Waals surface area contributed by atoms with Crippen LogP contribution in [0.4, 0.5) is 0 Å². The van der Waals surface area contributed by atoms with Crippen LogP contribution in [0.2, 0.25) is 0 Å². The predicted octanol–water partition coefficient (Wildman–Crippen LogP) is 1.16. The highest BCUT2D eigenvalue weighted by molar-refractivity contribution is 5.83. The molecule has 1 unspecified atom stereocenters. The van der Waals surface area contributed by atoms with E-state index < -0.39 is 0 Å². The summed E-state index contributed by atoms with van der Waals surface area (Å²) in [5.41, 5.74) is 2.50. The molecular formula is C17H25N3O2. The van der Waals surface area contributed by atoms with Gasteiger partial charge in [0.25, 0.3) is 0 Å². The molecule has 0 radical (unpaired) electrons. The average Bonchev–Trinajstić information content (AvgIpc) is 2.80. The van der Waals surface area contributed by atoms with Crippen LogP contribution in [0, 0.1) is 6.92 Å². The molecule has 0 bridgehead atoms. The molecule has 1 N–H and O–H groups in total.